The molecule has 0 aromatic heterocycles. The molecule has 1 unspecified atom stereocenters. The Hall–Kier alpha value is -1.34. The Labute approximate surface area is 122 Å². The van der Waals surface area contributed by atoms with E-state index in [9.17, 15) is 18.5 Å². The van der Waals surface area contributed by atoms with Crippen molar-refractivity contribution in [1.29, 1.82) is 0 Å². The van der Waals surface area contributed by atoms with Crippen LogP contribution in [0.5, 0.6) is 5.75 Å². The monoisotopic (exact) mass is 321 g/mol. The van der Waals surface area contributed by atoms with Crippen LogP contribution in [0.2, 0.25) is 0 Å². The topological polar surface area (TPSA) is 86.5 Å². The normalized spacial score (nSPS) is 12.9. The van der Waals surface area contributed by atoms with Crippen LogP contribution in [-0.4, -0.2) is 25.7 Å². The molecule has 0 amide bonds. The van der Waals surface area contributed by atoms with Crippen LogP contribution in [0.1, 0.15) is 18.9 Å². The number of benzene rings is 1. The van der Waals surface area contributed by atoms with Gasteiger partial charge in [-0.05, 0) is 19.4 Å². The number of nitrogens with zero attached hydrogens (tertiary/aromatic N) is 1. The van der Waals surface area contributed by atoms with Crippen molar-refractivity contribution in [2.24, 2.45) is 5.92 Å². The predicted octanol–water partition coefficient (Wildman–Crippen LogP) is 2.88. The maximum atomic E-state index is 11.0. The Kier molecular flexibility index (Phi) is 5.76. The Bertz CT molecular complexity index is 588. The third-order valence-electron chi connectivity index (χ3n) is 2.87. The first kappa shape index (κ1) is 16.7. The summed E-state index contributed by atoms with van der Waals surface area (Å²) in [6.07, 6.45) is 0.547. The SMILES string of the molecule is CCC(COc1cccc(C)c1[N+](=O)[O-])CS(=O)(=O)Cl. The van der Waals surface area contributed by atoms with Crippen LogP contribution in [0, 0.1) is 23.0 Å². The molecule has 8 heteroatoms. The highest BCUT2D eigenvalue weighted by Gasteiger charge is 2.21. The van der Waals surface area contributed by atoms with Gasteiger partial charge in [0, 0.05) is 22.2 Å². The molecule has 0 radical (unpaired) electrons. The summed E-state index contributed by atoms with van der Waals surface area (Å²) in [7, 11) is 1.59. The van der Waals surface area contributed by atoms with Crippen molar-refractivity contribution in [3.8, 4) is 5.75 Å². The van der Waals surface area contributed by atoms with E-state index < -0.39 is 14.0 Å². The standard InChI is InChI=1S/C12H16ClNO5S/c1-3-10(8-20(13,17)18)7-19-11-6-4-5-9(2)12(11)14(15)16/h4-6,10H,3,7-8H2,1-2H3. The van der Waals surface area contributed by atoms with Gasteiger partial charge in [-0.15, -0.1) is 0 Å². The van der Waals surface area contributed by atoms with E-state index in [0.717, 1.165) is 0 Å². The van der Waals surface area contributed by atoms with Crippen LogP contribution < -0.4 is 4.74 Å². The molecular formula is C12H16ClNO5S. The Morgan fingerprint density at radius 3 is 2.60 bits per heavy atom. The van der Waals surface area contributed by atoms with Crippen LogP contribution >= 0.6 is 10.7 Å². The van der Waals surface area contributed by atoms with E-state index in [1.165, 1.54) is 6.07 Å². The van der Waals surface area contributed by atoms with Crippen molar-refractivity contribution in [1.82, 2.24) is 0 Å². The third-order valence-corrected chi connectivity index (χ3v) is 4.12. The van der Waals surface area contributed by atoms with E-state index in [-0.39, 0.29) is 29.7 Å². The van der Waals surface area contributed by atoms with Crippen LogP contribution in [0.3, 0.4) is 0 Å². The smallest absolute Gasteiger partial charge is 0.313 e. The molecule has 0 N–H and O–H groups in total. The van der Waals surface area contributed by atoms with Gasteiger partial charge in [0.05, 0.1) is 17.3 Å². The van der Waals surface area contributed by atoms with Gasteiger partial charge in [-0.1, -0.05) is 19.1 Å². The molecule has 0 bridgehead atoms. The van der Waals surface area contributed by atoms with Gasteiger partial charge in [0.2, 0.25) is 9.05 Å². The van der Waals surface area contributed by atoms with Gasteiger partial charge in [-0.2, -0.15) is 0 Å². The molecule has 1 aromatic carbocycles. The summed E-state index contributed by atoms with van der Waals surface area (Å²) in [6, 6.07) is 4.76. The molecular weight excluding hydrogens is 306 g/mol. The molecule has 0 spiro atoms. The minimum Gasteiger partial charge on any atom is -0.486 e. The molecule has 1 rings (SSSR count). The molecule has 20 heavy (non-hydrogen) atoms. The van der Waals surface area contributed by atoms with Crippen LogP contribution in [0.15, 0.2) is 18.2 Å². The largest absolute Gasteiger partial charge is 0.486 e. The molecule has 1 aromatic rings. The van der Waals surface area contributed by atoms with Gasteiger partial charge >= 0.3 is 5.69 Å². The lowest BCUT2D eigenvalue weighted by atomic mass is 10.1. The second-order valence-electron chi connectivity index (χ2n) is 4.47. The summed E-state index contributed by atoms with van der Waals surface area (Å²) < 4.78 is 27.5. The molecule has 1 atom stereocenters. The predicted molar refractivity (Wildman–Crippen MR) is 76.7 cm³/mol. The fraction of sp³-hybridized carbons (Fsp3) is 0.500. The van der Waals surface area contributed by atoms with Crippen molar-refractivity contribution < 1.29 is 18.1 Å². The summed E-state index contributed by atoms with van der Waals surface area (Å²) in [6.45, 7) is 3.49. The molecule has 112 valence electrons. The summed E-state index contributed by atoms with van der Waals surface area (Å²) in [4.78, 5) is 10.5. The zero-order valence-corrected chi connectivity index (χ0v) is 12.8. The van der Waals surface area contributed by atoms with Gasteiger partial charge in [-0.25, -0.2) is 8.42 Å². The van der Waals surface area contributed by atoms with Gasteiger partial charge in [0.15, 0.2) is 5.75 Å². The minimum atomic E-state index is -3.62. The van der Waals surface area contributed by atoms with E-state index in [1.807, 2.05) is 0 Å². The zero-order chi connectivity index (χ0) is 15.3. The molecule has 6 nitrogen and oxygen atoms in total. The lowest BCUT2D eigenvalue weighted by Crippen LogP contribution is -2.19. The van der Waals surface area contributed by atoms with Crippen molar-refractivity contribution in [2.45, 2.75) is 20.3 Å². The maximum absolute atomic E-state index is 11.0. The lowest BCUT2D eigenvalue weighted by Gasteiger charge is -2.14. The number of hydrogen-bond donors (Lipinski definition) is 0. The molecule has 0 aliphatic rings. The zero-order valence-electron chi connectivity index (χ0n) is 11.2. The molecule has 0 aliphatic heterocycles. The minimum absolute atomic E-state index is 0.0622. The molecule has 0 fully saturated rings. The maximum Gasteiger partial charge on any atom is 0.313 e. The molecule has 0 saturated carbocycles. The number of nitro benzene ring substituents is 1. The van der Waals surface area contributed by atoms with Gasteiger partial charge in [0.1, 0.15) is 0 Å². The number of halogens is 1. The summed E-state index contributed by atoms with van der Waals surface area (Å²) >= 11 is 0. The van der Waals surface area contributed by atoms with Crippen molar-refractivity contribution in [3.05, 3.63) is 33.9 Å². The van der Waals surface area contributed by atoms with Crippen LogP contribution in [0.25, 0.3) is 0 Å². The summed E-state index contributed by atoms with van der Waals surface area (Å²) in [5.74, 6) is -0.386. The van der Waals surface area contributed by atoms with Crippen LogP contribution in [0.4, 0.5) is 5.69 Å². The first-order chi connectivity index (χ1) is 9.24. The highest BCUT2D eigenvalue weighted by Crippen LogP contribution is 2.30. The van der Waals surface area contributed by atoms with Crippen molar-refractivity contribution in [3.63, 3.8) is 0 Å². The summed E-state index contributed by atoms with van der Waals surface area (Å²) in [5, 5.41) is 11.0. The molecule has 0 aliphatic carbocycles. The number of hydrogen-bond acceptors (Lipinski definition) is 5. The Balaban J connectivity index is 2.84. The van der Waals surface area contributed by atoms with E-state index in [2.05, 4.69) is 0 Å². The van der Waals surface area contributed by atoms with E-state index in [0.29, 0.717) is 12.0 Å². The molecule has 0 heterocycles. The van der Waals surface area contributed by atoms with E-state index in [4.69, 9.17) is 15.4 Å². The number of rotatable bonds is 7. The Morgan fingerprint density at radius 2 is 2.10 bits per heavy atom. The number of para-hydroxylation sites is 1. The first-order valence-corrected chi connectivity index (χ1v) is 8.51. The number of ether oxygens (including phenoxy) is 1. The fourth-order valence-electron chi connectivity index (χ4n) is 1.76. The third kappa shape index (κ3) is 4.97. The van der Waals surface area contributed by atoms with Crippen LogP contribution in [-0.2, 0) is 9.05 Å². The number of nitro groups is 1. The lowest BCUT2D eigenvalue weighted by molar-refractivity contribution is -0.386. The second-order valence-corrected chi connectivity index (χ2v) is 7.29. The van der Waals surface area contributed by atoms with E-state index >= 15 is 0 Å². The fourth-order valence-corrected chi connectivity index (χ4v) is 3.18. The Morgan fingerprint density at radius 1 is 1.45 bits per heavy atom. The highest BCUT2D eigenvalue weighted by molar-refractivity contribution is 8.13. The first-order valence-electron chi connectivity index (χ1n) is 6.03. The average Bonchev–Trinajstić information content (AvgIpc) is 2.32. The summed E-state index contributed by atoms with van der Waals surface area (Å²) in [5.41, 5.74) is 0.390. The average molecular weight is 322 g/mol. The highest BCUT2D eigenvalue weighted by atomic mass is 35.7. The van der Waals surface area contributed by atoms with E-state index in [1.54, 1.807) is 26.0 Å². The van der Waals surface area contributed by atoms with Crippen molar-refractivity contribution in [2.75, 3.05) is 12.4 Å². The quantitative estimate of drug-likeness (QED) is 0.438. The van der Waals surface area contributed by atoms with Gasteiger partial charge in [0.25, 0.3) is 0 Å². The number of aryl methyl sites for hydroxylation is 1. The van der Waals surface area contributed by atoms with Crippen molar-refractivity contribution >= 4 is 25.4 Å². The van der Waals surface area contributed by atoms with Gasteiger partial charge < -0.3 is 4.74 Å². The molecule has 0 saturated heterocycles. The second kappa shape index (κ2) is 6.90. The van der Waals surface area contributed by atoms with Gasteiger partial charge in [-0.3, -0.25) is 10.1 Å².